The average Bonchev–Trinajstić information content (AvgIpc) is 3.19. The van der Waals surface area contributed by atoms with Crippen LogP contribution in [0, 0.1) is 5.92 Å². The van der Waals surface area contributed by atoms with Crippen molar-refractivity contribution in [1.29, 1.82) is 0 Å². The summed E-state index contributed by atoms with van der Waals surface area (Å²) in [5.74, 6) is 0.168. The molecule has 1 amide bonds. The van der Waals surface area contributed by atoms with Crippen LogP contribution in [0.4, 0.5) is 18.0 Å². The van der Waals surface area contributed by atoms with Gasteiger partial charge in [-0.25, -0.2) is 4.79 Å². The summed E-state index contributed by atoms with van der Waals surface area (Å²) in [6.07, 6.45) is 1.36. The highest BCUT2D eigenvalue weighted by Crippen LogP contribution is 2.40. The van der Waals surface area contributed by atoms with Gasteiger partial charge in [-0.2, -0.15) is 18.2 Å². The van der Waals surface area contributed by atoms with Crippen LogP contribution in [0.25, 0.3) is 0 Å². The van der Waals surface area contributed by atoms with E-state index in [1.165, 1.54) is 12.1 Å². The van der Waals surface area contributed by atoms with Crippen molar-refractivity contribution in [2.75, 3.05) is 13.1 Å². The summed E-state index contributed by atoms with van der Waals surface area (Å²) in [6, 6.07) is 5.89. The van der Waals surface area contributed by atoms with E-state index in [2.05, 4.69) is 9.89 Å². The Bertz CT molecular complexity index is 764. The number of alkyl halides is 3. The number of nitrogens with zero attached hydrogens (tertiary/aromatic N) is 2. The summed E-state index contributed by atoms with van der Waals surface area (Å²) in [4.78, 5) is 18.5. The first-order valence-electron chi connectivity index (χ1n) is 10.7. The molecule has 4 nitrogen and oxygen atoms in total. The van der Waals surface area contributed by atoms with Crippen molar-refractivity contribution in [3.63, 3.8) is 0 Å². The molecule has 2 fully saturated rings. The number of benzene rings is 1. The number of carbonyl (C=O) groups is 1. The van der Waals surface area contributed by atoms with E-state index in [0.29, 0.717) is 0 Å². The maximum Gasteiger partial charge on any atom is 0.433 e. The van der Waals surface area contributed by atoms with Gasteiger partial charge in [-0.05, 0) is 83.5 Å². The number of amides is 1. The summed E-state index contributed by atoms with van der Waals surface area (Å²) in [5.41, 5.74) is -0.438. The molecule has 0 radical (unpaired) electrons. The molecule has 0 N–H and O–H groups in total. The molecule has 3 rings (SSSR count). The fourth-order valence-corrected chi connectivity index (χ4v) is 4.55. The van der Waals surface area contributed by atoms with Crippen molar-refractivity contribution in [3.05, 3.63) is 35.4 Å². The fourth-order valence-electron chi connectivity index (χ4n) is 4.55. The SMILES string of the molecule is CC(C)(C)OC(=O)N=CC1CC[C@H](c2cccc(C(F)(F)F)c2)C[C@@H]1N1CCCC1. The molecule has 3 atom stereocenters. The summed E-state index contributed by atoms with van der Waals surface area (Å²) < 4.78 is 44.7. The maximum absolute atomic E-state index is 13.1. The number of rotatable bonds is 3. The van der Waals surface area contributed by atoms with Crippen molar-refractivity contribution in [1.82, 2.24) is 4.90 Å². The third kappa shape index (κ3) is 6.06. The van der Waals surface area contributed by atoms with Gasteiger partial charge in [0.2, 0.25) is 0 Å². The van der Waals surface area contributed by atoms with E-state index in [9.17, 15) is 18.0 Å². The molecular weight excluding hydrogens is 393 g/mol. The van der Waals surface area contributed by atoms with Crippen LogP contribution in [-0.2, 0) is 10.9 Å². The van der Waals surface area contributed by atoms with E-state index in [4.69, 9.17) is 4.74 Å². The molecule has 30 heavy (non-hydrogen) atoms. The third-order valence-corrected chi connectivity index (χ3v) is 5.93. The first-order valence-corrected chi connectivity index (χ1v) is 10.7. The quantitative estimate of drug-likeness (QED) is 0.554. The maximum atomic E-state index is 13.1. The summed E-state index contributed by atoms with van der Waals surface area (Å²) >= 11 is 0. The van der Waals surface area contributed by atoms with Crippen LogP contribution in [0.15, 0.2) is 29.3 Å². The largest absolute Gasteiger partial charge is 0.442 e. The molecule has 1 aromatic carbocycles. The Morgan fingerprint density at radius 2 is 1.87 bits per heavy atom. The van der Waals surface area contributed by atoms with E-state index in [1.54, 1.807) is 33.1 Å². The van der Waals surface area contributed by atoms with Gasteiger partial charge in [0.15, 0.2) is 0 Å². The Labute approximate surface area is 176 Å². The van der Waals surface area contributed by atoms with Crippen molar-refractivity contribution < 1.29 is 22.7 Å². The Balaban J connectivity index is 1.75. The molecule has 2 aliphatic rings. The molecule has 7 heteroatoms. The Morgan fingerprint density at radius 3 is 2.50 bits per heavy atom. The second-order valence-corrected chi connectivity index (χ2v) is 9.37. The van der Waals surface area contributed by atoms with Crippen molar-refractivity contribution in [2.24, 2.45) is 10.9 Å². The fraction of sp³-hybridized carbons (Fsp3) is 0.652. The molecule has 0 bridgehead atoms. The topological polar surface area (TPSA) is 41.9 Å². The van der Waals surface area contributed by atoms with E-state index in [1.807, 2.05) is 0 Å². The zero-order chi connectivity index (χ0) is 21.9. The number of ether oxygens (including phenoxy) is 1. The van der Waals surface area contributed by atoms with Crippen LogP contribution in [0.3, 0.4) is 0 Å². The van der Waals surface area contributed by atoms with Gasteiger partial charge in [-0.15, -0.1) is 0 Å². The molecule has 1 aliphatic carbocycles. The lowest BCUT2D eigenvalue weighted by Crippen LogP contribution is -2.43. The van der Waals surface area contributed by atoms with Gasteiger partial charge in [0.1, 0.15) is 5.60 Å². The predicted molar refractivity (Wildman–Crippen MR) is 111 cm³/mol. The molecule has 0 spiro atoms. The predicted octanol–water partition coefficient (Wildman–Crippen LogP) is 6.06. The molecule has 1 saturated carbocycles. The smallest absolute Gasteiger partial charge is 0.433 e. The lowest BCUT2D eigenvalue weighted by atomic mass is 9.75. The lowest BCUT2D eigenvalue weighted by Gasteiger charge is -2.40. The number of hydrogen-bond donors (Lipinski definition) is 0. The molecule has 1 unspecified atom stereocenters. The standard InChI is InChI=1S/C23H31F3N2O2/c1-22(2,3)30-21(29)27-15-18-10-9-17(14-20(18)28-11-4-5-12-28)16-7-6-8-19(13-16)23(24,25)26/h6-8,13,15,17-18,20H,4-5,9-12,14H2,1-3H3/t17-,18?,20-/m0/s1. The monoisotopic (exact) mass is 424 g/mol. The van der Waals surface area contributed by atoms with Gasteiger partial charge in [-0.1, -0.05) is 18.2 Å². The van der Waals surface area contributed by atoms with Crippen molar-refractivity contribution in [2.45, 2.75) is 76.6 Å². The summed E-state index contributed by atoms with van der Waals surface area (Å²) in [5, 5.41) is 0. The van der Waals surface area contributed by atoms with Crippen LogP contribution in [0.2, 0.25) is 0 Å². The highest BCUT2D eigenvalue weighted by Gasteiger charge is 2.36. The molecule has 166 valence electrons. The molecule has 1 aliphatic heterocycles. The lowest BCUT2D eigenvalue weighted by molar-refractivity contribution is -0.137. The molecule has 1 saturated heterocycles. The van der Waals surface area contributed by atoms with E-state index in [0.717, 1.165) is 56.8 Å². The van der Waals surface area contributed by atoms with Crippen molar-refractivity contribution >= 4 is 12.3 Å². The number of halogens is 3. The second-order valence-electron chi connectivity index (χ2n) is 9.37. The second kappa shape index (κ2) is 9.08. The number of likely N-dealkylation sites (tertiary alicyclic amines) is 1. The highest BCUT2D eigenvalue weighted by atomic mass is 19.4. The van der Waals surface area contributed by atoms with Gasteiger partial charge in [0.25, 0.3) is 0 Å². The van der Waals surface area contributed by atoms with Crippen LogP contribution in [0.1, 0.15) is 69.9 Å². The van der Waals surface area contributed by atoms with Gasteiger partial charge < -0.3 is 4.74 Å². The summed E-state index contributed by atoms with van der Waals surface area (Å²) in [7, 11) is 0. The first kappa shape index (κ1) is 22.8. The Hall–Kier alpha value is -1.89. The summed E-state index contributed by atoms with van der Waals surface area (Å²) in [6.45, 7) is 7.36. The molecule has 1 aromatic rings. The molecular formula is C23H31F3N2O2. The van der Waals surface area contributed by atoms with E-state index in [-0.39, 0.29) is 17.9 Å². The molecule has 1 heterocycles. The minimum atomic E-state index is -4.33. The van der Waals surface area contributed by atoms with Crippen molar-refractivity contribution in [3.8, 4) is 0 Å². The average molecular weight is 425 g/mol. The van der Waals surface area contributed by atoms with Crippen LogP contribution in [-0.4, -0.2) is 41.9 Å². The minimum absolute atomic E-state index is 0.0732. The number of carbonyl (C=O) groups excluding carboxylic acids is 1. The third-order valence-electron chi connectivity index (χ3n) is 5.93. The normalized spacial score (nSPS) is 26.3. The number of aliphatic imine (C=N–C) groups is 1. The first-order chi connectivity index (χ1) is 14.0. The Morgan fingerprint density at radius 1 is 1.17 bits per heavy atom. The zero-order valence-electron chi connectivity index (χ0n) is 17.9. The van der Waals surface area contributed by atoms with Gasteiger partial charge in [-0.3, -0.25) is 4.90 Å². The minimum Gasteiger partial charge on any atom is -0.442 e. The van der Waals surface area contributed by atoms with Gasteiger partial charge >= 0.3 is 12.3 Å². The number of hydrogen-bond acceptors (Lipinski definition) is 3. The Kier molecular flexibility index (Phi) is 6.90. The van der Waals surface area contributed by atoms with E-state index >= 15 is 0 Å². The van der Waals surface area contributed by atoms with Crippen LogP contribution in [0.5, 0.6) is 0 Å². The van der Waals surface area contributed by atoms with Crippen LogP contribution >= 0.6 is 0 Å². The molecule has 0 aromatic heterocycles. The van der Waals surface area contributed by atoms with Gasteiger partial charge in [0, 0.05) is 18.2 Å². The highest BCUT2D eigenvalue weighted by molar-refractivity contribution is 5.80. The zero-order valence-corrected chi connectivity index (χ0v) is 17.9. The van der Waals surface area contributed by atoms with E-state index < -0.39 is 23.4 Å². The van der Waals surface area contributed by atoms with Crippen LogP contribution < -0.4 is 0 Å². The van der Waals surface area contributed by atoms with Gasteiger partial charge in [0.05, 0.1) is 5.56 Å².